The minimum Gasteiger partial charge on any atom is -0.386 e. The average molecular weight is 287 g/mol. The summed E-state index contributed by atoms with van der Waals surface area (Å²) in [6.07, 6.45) is 3.21. The summed E-state index contributed by atoms with van der Waals surface area (Å²) < 4.78 is 0. The van der Waals surface area contributed by atoms with Crippen LogP contribution in [0.5, 0.6) is 0 Å². The third kappa shape index (κ3) is 2.71. The summed E-state index contributed by atoms with van der Waals surface area (Å²) >= 11 is 0. The zero-order chi connectivity index (χ0) is 15.0. The van der Waals surface area contributed by atoms with E-state index in [-0.39, 0.29) is 11.8 Å². The van der Waals surface area contributed by atoms with E-state index in [4.69, 9.17) is 0 Å². The molecule has 0 radical (unpaired) electrons. The van der Waals surface area contributed by atoms with Crippen molar-refractivity contribution in [2.75, 3.05) is 13.1 Å². The molecule has 0 aromatic heterocycles. The van der Waals surface area contributed by atoms with Crippen LogP contribution in [0.4, 0.5) is 0 Å². The van der Waals surface area contributed by atoms with Crippen LogP contribution in [0.2, 0.25) is 0 Å². The second-order valence-corrected chi connectivity index (χ2v) is 6.85. The smallest absolute Gasteiger partial charge is 0.230 e. The normalized spacial score (nSPS) is 23.3. The Balaban J connectivity index is 1.73. The van der Waals surface area contributed by atoms with Crippen molar-refractivity contribution >= 4 is 5.91 Å². The van der Waals surface area contributed by atoms with Crippen molar-refractivity contribution in [3.05, 3.63) is 35.9 Å². The third-order valence-corrected chi connectivity index (χ3v) is 5.22. The Hall–Kier alpha value is -1.35. The third-order valence-electron chi connectivity index (χ3n) is 5.22. The highest BCUT2D eigenvalue weighted by molar-refractivity contribution is 5.85. The highest BCUT2D eigenvalue weighted by Crippen LogP contribution is 2.45. The number of likely N-dealkylation sites (tertiary alicyclic amines) is 1. The topological polar surface area (TPSA) is 40.5 Å². The molecule has 1 amide bonds. The first-order valence-electron chi connectivity index (χ1n) is 8.11. The Morgan fingerprint density at radius 3 is 2.48 bits per heavy atom. The van der Waals surface area contributed by atoms with Gasteiger partial charge in [-0.1, -0.05) is 50.6 Å². The van der Waals surface area contributed by atoms with E-state index in [2.05, 4.69) is 13.8 Å². The molecule has 1 aromatic rings. The number of hydrogen-bond acceptors (Lipinski definition) is 2. The summed E-state index contributed by atoms with van der Waals surface area (Å²) in [5, 5.41) is 10.4. The molecule has 3 rings (SSSR count). The van der Waals surface area contributed by atoms with Gasteiger partial charge in [0.2, 0.25) is 5.91 Å². The maximum absolute atomic E-state index is 12.9. The summed E-state index contributed by atoms with van der Waals surface area (Å²) in [4.78, 5) is 14.7. The van der Waals surface area contributed by atoms with E-state index in [1.54, 1.807) is 0 Å². The van der Waals surface area contributed by atoms with Crippen LogP contribution >= 0.6 is 0 Å². The van der Waals surface area contributed by atoms with Crippen molar-refractivity contribution in [2.45, 2.75) is 44.6 Å². The minimum absolute atomic E-state index is 0.0834. The van der Waals surface area contributed by atoms with Gasteiger partial charge in [-0.2, -0.15) is 0 Å². The van der Waals surface area contributed by atoms with Crippen molar-refractivity contribution in [1.82, 2.24) is 4.90 Å². The van der Waals surface area contributed by atoms with Crippen molar-refractivity contribution in [3.63, 3.8) is 0 Å². The van der Waals surface area contributed by atoms with E-state index < -0.39 is 5.60 Å². The number of nitrogens with zero attached hydrogens (tertiary/aromatic N) is 1. The number of amides is 1. The number of rotatable bonds is 5. The van der Waals surface area contributed by atoms with Crippen LogP contribution in [0.15, 0.2) is 30.3 Å². The maximum Gasteiger partial charge on any atom is 0.230 e. The van der Waals surface area contributed by atoms with Crippen LogP contribution < -0.4 is 0 Å². The fourth-order valence-corrected chi connectivity index (χ4v) is 3.46. The van der Waals surface area contributed by atoms with Crippen LogP contribution in [0, 0.1) is 11.8 Å². The largest absolute Gasteiger partial charge is 0.386 e. The molecule has 1 heterocycles. The van der Waals surface area contributed by atoms with Gasteiger partial charge in [0, 0.05) is 0 Å². The number of β-amino-alcohol motifs (C(OH)–C–C–N with tert-alkyl or cyclic N) is 1. The zero-order valence-electron chi connectivity index (χ0n) is 13.0. The molecule has 21 heavy (non-hydrogen) atoms. The van der Waals surface area contributed by atoms with Crippen LogP contribution in [-0.2, 0) is 4.79 Å². The molecule has 3 nitrogen and oxygen atoms in total. The number of hydrogen-bond donors (Lipinski definition) is 1. The van der Waals surface area contributed by atoms with Gasteiger partial charge in [0.15, 0.2) is 0 Å². The van der Waals surface area contributed by atoms with Gasteiger partial charge in [0.1, 0.15) is 5.60 Å². The predicted octanol–water partition coefficient (Wildman–Crippen LogP) is 2.80. The molecule has 0 bridgehead atoms. The molecule has 1 saturated heterocycles. The molecular weight excluding hydrogens is 262 g/mol. The number of benzene rings is 1. The van der Waals surface area contributed by atoms with E-state index in [0.717, 1.165) is 24.8 Å². The molecule has 2 unspecified atom stereocenters. The van der Waals surface area contributed by atoms with Crippen molar-refractivity contribution < 1.29 is 9.90 Å². The molecule has 0 spiro atoms. The lowest BCUT2D eigenvalue weighted by Crippen LogP contribution is -2.65. The molecule has 2 aliphatic rings. The van der Waals surface area contributed by atoms with Crippen LogP contribution in [0.1, 0.15) is 44.6 Å². The Morgan fingerprint density at radius 2 is 1.95 bits per heavy atom. The standard InChI is InChI=1S/C18H25NO2/c1-3-13(2)16(14-7-5-4-6-8-14)17(20)19-11-18(21,12-19)15-9-10-15/h4-8,13,15-16,21H,3,9-12H2,1-2H3. The predicted molar refractivity (Wildman–Crippen MR) is 82.9 cm³/mol. The first kappa shape index (κ1) is 14.6. The monoisotopic (exact) mass is 287 g/mol. The van der Waals surface area contributed by atoms with Gasteiger partial charge in [-0.25, -0.2) is 0 Å². The van der Waals surface area contributed by atoms with E-state index in [9.17, 15) is 9.90 Å². The second-order valence-electron chi connectivity index (χ2n) is 6.85. The van der Waals surface area contributed by atoms with Gasteiger partial charge in [-0.3, -0.25) is 4.79 Å². The molecule has 2 fully saturated rings. The van der Waals surface area contributed by atoms with Crippen molar-refractivity contribution in [3.8, 4) is 0 Å². The molecule has 114 valence electrons. The molecule has 1 aromatic carbocycles. The Labute approximate surface area is 127 Å². The van der Waals surface area contributed by atoms with Gasteiger partial charge in [0.05, 0.1) is 19.0 Å². The lowest BCUT2D eigenvalue weighted by atomic mass is 9.81. The maximum atomic E-state index is 12.9. The molecule has 1 aliphatic heterocycles. The van der Waals surface area contributed by atoms with E-state index in [0.29, 0.717) is 24.9 Å². The lowest BCUT2D eigenvalue weighted by molar-refractivity contribution is -0.162. The lowest BCUT2D eigenvalue weighted by Gasteiger charge is -2.48. The van der Waals surface area contributed by atoms with Gasteiger partial charge in [-0.15, -0.1) is 0 Å². The fourth-order valence-electron chi connectivity index (χ4n) is 3.46. The summed E-state index contributed by atoms with van der Waals surface area (Å²) in [5.74, 6) is 0.843. The molecule has 1 N–H and O–H groups in total. The number of carbonyl (C=O) groups is 1. The van der Waals surface area contributed by atoms with Crippen LogP contribution in [-0.4, -0.2) is 34.6 Å². The second kappa shape index (κ2) is 5.45. The van der Waals surface area contributed by atoms with E-state index in [1.807, 2.05) is 35.2 Å². The molecule has 1 saturated carbocycles. The van der Waals surface area contributed by atoms with Crippen molar-refractivity contribution in [1.29, 1.82) is 0 Å². The van der Waals surface area contributed by atoms with E-state index >= 15 is 0 Å². The van der Waals surface area contributed by atoms with Crippen molar-refractivity contribution in [2.24, 2.45) is 11.8 Å². The first-order chi connectivity index (χ1) is 10.0. The highest BCUT2D eigenvalue weighted by atomic mass is 16.3. The SMILES string of the molecule is CCC(C)C(C(=O)N1CC(O)(C2CC2)C1)c1ccccc1. The Morgan fingerprint density at radius 1 is 1.33 bits per heavy atom. The Bertz CT molecular complexity index is 503. The molecule has 3 heteroatoms. The quantitative estimate of drug-likeness (QED) is 0.904. The highest BCUT2D eigenvalue weighted by Gasteiger charge is 2.54. The summed E-state index contributed by atoms with van der Waals surface area (Å²) in [6.45, 7) is 5.32. The average Bonchev–Trinajstić information content (AvgIpc) is 3.29. The summed E-state index contributed by atoms with van der Waals surface area (Å²) in [6, 6.07) is 10.1. The summed E-state index contributed by atoms with van der Waals surface area (Å²) in [5.41, 5.74) is 0.505. The Kier molecular flexibility index (Phi) is 3.78. The zero-order valence-corrected chi connectivity index (χ0v) is 13.0. The van der Waals surface area contributed by atoms with Gasteiger partial charge >= 0.3 is 0 Å². The number of carbonyl (C=O) groups excluding carboxylic acids is 1. The van der Waals surface area contributed by atoms with Crippen LogP contribution in [0.3, 0.4) is 0 Å². The van der Waals surface area contributed by atoms with Gasteiger partial charge in [0.25, 0.3) is 0 Å². The van der Waals surface area contributed by atoms with Crippen LogP contribution in [0.25, 0.3) is 0 Å². The number of aliphatic hydroxyl groups is 1. The van der Waals surface area contributed by atoms with E-state index in [1.165, 1.54) is 0 Å². The molecular formula is C18H25NO2. The first-order valence-corrected chi connectivity index (χ1v) is 8.11. The van der Waals surface area contributed by atoms with Gasteiger partial charge < -0.3 is 10.0 Å². The van der Waals surface area contributed by atoms with Gasteiger partial charge in [-0.05, 0) is 30.2 Å². The minimum atomic E-state index is -0.591. The fraction of sp³-hybridized carbons (Fsp3) is 0.611. The summed E-state index contributed by atoms with van der Waals surface area (Å²) in [7, 11) is 0. The molecule has 1 aliphatic carbocycles. The molecule has 2 atom stereocenters.